The zero-order valence-electron chi connectivity index (χ0n) is 13.4. The highest BCUT2D eigenvalue weighted by atomic mass is 16.5. The summed E-state index contributed by atoms with van der Waals surface area (Å²) in [7, 11) is 0. The Morgan fingerprint density at radius 2 is 2.26 bits per heavy atom. The van der Waals surface area contributed by atoms with Gasteiger partial charge in [-0.15, -0.1) is 0 Å². The summed E-state index contributed by atoms with van der Waals surface area (Å²) >= 11 is 0. The molecule has 2 fully saturated rings. The average molecular weight is 317 g/mol. The van der Waals surface area contributed by atoms with E-state index in [-0.39, 0.29) is 18.0 Å². The Morgan fingerprint density at radius 3 is 2.96 bits per heavy atom. The van der Waals surface area contributed by atoms with Gasteiger partial charge in [0.15, 0.2) is 0 Å². The van der Waals surface area contributed by atoms with Crippen molar-refractivity contribution in [2.45, 2.75) is 38.7 Å². The van der Waals surface area contributed by atoms with Gasteiger partial charge < -0.3 is 20.3 Å². The first kappa shape index (κ1) is 15.8. The van der Waals surface area contributed by atoms with Crippen LogP contribution >= 0.6 is 0 Å². The molecule has 2 heterocycles. The largest absolute Gasteiger partial charge is 0.376 e. The molecule has 0 bridgehead atoms. The fraction of sp³-hybridized carbons (Fsp3) is 0.529. The predicted molar refractivity (Wildman–Crippen MR) is 88.8 cm³/mol. The first-order valence-corrected chi connectivity index (χ1v) is 8.21. The summed E-state index contributed by atoms with van der Waals surface area (Å²) in [5, 5.41) is 5.66. The number of anilines is 2. The van der Waals surface area contributed by atoms with Crippen molar-refractivity contribution in [3.05, 3.63) is 23.8 Å². The van der Waals surface area contributed by atoms with Crippen molar-refractivity contribution < 1.29 is 14.3 Å². The SMILES string of the molecule is Cc1ccc(NC(=O)NC[C@H]2CCCO2)cc1N1CCCC1=O. The summed E-state index contributed by atoms with van der Waals surface area (Å²) < 4.78 is 5.48. The van der Waals surface area contributed by atoms with Crippen LogP contribution in [0.1, 0.15) is 31.2 Å². The van der Waals surface area contributed by atoms with E-state index in [0.717, 1.165) is 43.7 Å². The van der Waals surface area contributed by atoms with Crippen LogP contribution in [-0.4, -0.2) is 37.7 Å². The van der Waals surface area contributed by atoms with E-state index in [1.165, 1.54) is 0 Å². The highest BCUT2D eigenvalue weighted by molar-refractivity contribution is 5.97. The number of aryl methyl sites for hydroxylation is 1. The molecule has 0 radical (unpaired) electrons. The maximum absolute atomic E-state index is 12.0. The summed E-state index contributed by atoms with van der Waals surface area (Å²) in [6.45, 7) is 4.02. The third kappa shape index (κ3) is 3.82. The number of hydrogen-bond donors (Lipinski definition) is 2. The van der Waals surface area contributed by atoms with Gasteiger partial charge in [0.2, 0.25) is 5.91 Å². The van der Waals surface area contributed by atoms with Gasteiger partial charge in [0.25, 0.3) is 0 Å². The Morgan fingerprint density at radius 1 is 1.39 bits per heavy atom. The molecule has 0 spiro atoms. The molecular formula is C17H23N3O3. The van der Waals surface area contributed by atoms with Crippen LogP contribution in [0, 0.1) is 6.92 Å². The van der Waals surface area contributed by atoms with Gasteiger partial charge in [-0.2, -0.15) is 0 Å². The quantitative estimate of drug-likeness (QED) is 0.896. The van der Waals surface area contributed by atoms with Crippen molar-refractivity contribution in [2.24, 2.45) is 0 Å². The van der Waals surface area contributed by atoms with Crippen LogP contribution in [-0.2, 0) is 9.53 Å². The number of ether oxygens (including phenoxy) is 1. The summed E-state index contributed by atoms with van der Waals surface area (Å²) in [5.41, 5.74) is 2.60. The van der Waals surface area contributed by atoms with Crippen LogP contribution in [0.25, 0.3) is 0 Å². The summed E-state index contributed by atoms with van der Waals surface area (Å²) in [4.78, 5) is 25.7. The highest BCUT2D eigenvalue weighted by Crippen LogP contribution is 2.28. The van der Waals surface area contributed by atoms with Crippen molar-refractivity contribution in [3.8, 4) is 0 Å². The fourth-order valence-corrected chi connectivity index (χ4v) is 3.07. The lowest BCUT2D eigenvalue weighted by atomic mass is 10.1. The molecule has 0 saturated carbocycles. The number of carbonyl (C=O) groups excluding carboxylic acids is 2. The second kappa shape index (κ2) is 7.00. The molecule has 23 heavy (non-hydrogen) atoms. The topological polar surface area (TPSA) is 70.7 Å². The van der Waals surface area contributed by atoms with E-state index < -0.39 is 0 Å². The van der Waals surface area contributed by atoms with Gasteiger partial charge in [-0.1, -0.05) is 6.07 Å². The van der Waals surface area contributed by atoms with E-state index in [1.807, 2.05) is 25.1 Å². The summed E-state index contributed by atoms with van der Waals surface area (Å²) in [5.74, 6) is 0.146. The van der Waals surface area contributed by atoms with Crippen molar-refractivity contribution in [1.82, 2.24) is 5.32 Å². The maximum atomic E-state index is 12.0. The first-order valence-electron chi connectivity index (χ1n) is 8.21. The van der Waals surface area contributed by atoms with Crippen molar-refractivity contribution in [1.29, 1.82) is 0 Å². The van der Waals surface area contributed by atoms with Gasteiger partial charge in [0.1, 0.15) is 0 Å². The molecule has 1 aromatic carbocycles. The summed E-state index contributed by atoms with van der Waals surface area (Å²) in [6.07, 6.45) is 3.65. The molecule has 2 N–H and O–H groups in total. The fourth-order valence-electron chi connectivity index (χ4n) is 3.07. The minimum Gasteiger partial charge on any atom is -0.376 e. The van der Waals surface area contributed by atoms with Gasteiger partial charge in [-0.25, -0.2) is 4.79 Å². The van der Waals surface area contributed by atoms with Gasteiger partial charge in [0, 0.05) is 37.5 Å². The van der Waals surface area contributed by atoms with Gasteiger partial charge in [-0.3, -0.25) is 4.79 Å². The smallest absolute Gasteiger partial charge is 0.319 e. The van der Waals surface area contributed by atoms with Crippen LogP contribution in [0.3, 0.4) is 0 Å². The van der Waals surface area contributed by atoms with E-state index in [4.69, 9.17) is 4.74 Å². The molecule has 2 saturated heterocycles. The third-order valence-corrected chi connectivity index (χ3v) is 4.35. The van der Waals surface area contributed by atoms with Crippen LogP contribution < -0.4 is 15.5 Å². The molecule has 1 atom stereocenters. The van der Waals surface area contributed by atoms with Crippen LogP contribution in [0.15, 0.2) is 18.2 Å². The zero-order chi connectivity index (χ0) is 16.2. The molecular weight excluding hydrogens is 294 g/mol. The molecule has 3 amide bonds. The number of benzene rings is 1. The summed E-state index contributed by atoms with van der Waals surface area (Å²) in [6, 6.07) is 5.40. The van der Waals surface area contributed by atoms with Crippen LogP contribution in [0.5, 0.6) is 0 Å². The van der Waals surface area contributed by atoms with Crippen molar-refractivity contribution in [3.63, 3.8) is 0 Å². The lowest BCUT2D eigenvalue weighted by Crippen LogP contribution is -2.35. The van der Waals surface area contributed by atoms with Gasteiger partial charge >= 0.3 is 6.03 Å². The molecule has 2 aliphatic rings. The second-order valence-electron chi connectivity index (χ2n) is 6.12. The van der Waals surface area contributed by atoms with E-state index in [0.29, 0.717) is 18.7 Å². The minimum absolute atomic E-state index is 0.122. The molecule has 1 aromatic rings. The number of rotatable bonds is 4. The lowest BCUT2D eigenvalue weighted by molar-refractivity contribution is -0.117. The standard InChI is InChI=1S/C17H23N3O3/c1-12-6-7-13(10-15(12)20-8-2-5-16(20)21)19-17(22)18-11-14-4-3-9-23-14/h6-7,10,14H,2-5,8-9,11H2,1H3,(H2,18,19,22)/t14-/m1/s1. The highest BCUT2D eigenvalue weighted by Gasteiger charge is 2.23. The molecule has 6 heteroatoms. The molecule has 0 aromatic heterocycles. The Bertz CT molecular complexity index is 597. The van der Waals surface area contributed by atoms with E-state index >= 15 is 0 Å². The van der Waals surface area contributed by atoms with Crippen molar-refractivity contribution in [2.75, 3.05) is 29.9 Å². The number of nitrogens with one attached hydrogen (secondary N) is 2. The van der Waals surface area contributed by atoms with E-state index in [1.54, 1.807) is 4.90 Å². The molecule has 124 valence electrons. The Balaban J connectivity index is 1.61. The predicted octanol–water partition coefficient (Wildman–Crippen LogP) is 2.42. The van der Waals surface area contributed by atoms with Crippen LogP contribution in [0.2, 0.25) is 0 Å². The molecule has 6 nitrogen and oxygen atoms in total. The van der Waals surface area contributed by atoms with Gasteiger partial charge in [0.05, 0.1) is 6.10 Å². The second-order valence-corrected chi connectivity index (χ2v) is 6.12. The third-order valence-electron chi connectivity index (χ3n) is 4.35. The maximum Gasteiger partial charge on any atom is 0.319 e. The number of nitrogens with zero attached hydrogens (tertiary/aromatic N) is 1. The molecule has 0 aliphatic carbocycles. The normalized spacial score (nSPS) is 20.8. The molecule has 0 unspecified atom stereocenters. The number of amides is 3. The Kier molecular flexibility index (Phi) is 4.81. The lowest BCUT2D eigenvalue weighted by Gasteiger charge is -2.19. The molecule has 2 aliphatic heterocycles. The number of urea groups is 1. The van der Waals surface area contributed by atoms with Gasteiger partial charge in [-0.05, 0) is 43.9 Å². The van der Waals surface area contributed by atoms with Crippen LogP contribution in [0.4, 0.5) is 16.2 Å². The number of hydrogen-bond acceptors (Lipinski definition) is 3. The zero-order valence-corrected chi connectivity index (χ0v) is 13.4. The Hall–Kier alpha value is -2.08. The Labute approximate surface area is 136 Å². The first-order chi connectivity index (χ1) is 11.1. The number of carbonyl (C=O) groups is 2. The molecule has 3 rings (SSSR count). The monoisotopic (exact) mass is 317 g/mol. The van der Waals surface area contributed by atoms with Crippen molar-refractivity contribution >= 4 is 23.3 Å². The van der Waals surface area contributed by atoms with E-state index in [2.05, 4.69) is 10.6 Å². The minimum atomic E-state index is -0.247. The van der Waals surface area contributed by atoms with E-state index in [9.17, 15) is 9.59 Å². The average Bonchev–Trinajstić information content (AvgIpc) is 3.19.